The summed E-state index contributed by atoms with van der Waals surface area (Å²) in [6.07, 6.45) is 1.44. The highest BCUT2D eigenvalue weighted by atomic mass is 32.2. The first-order valence-corrected chi connectivity index (χ1v) is 11.9. The maximum absolute atomic E-state index is 12.8. The molecule has 0 unspecified atom stereocenters. The number of amides is 1. The molecule has 0 atom stereocenters. The van der Waals surface area contributed by atoms with Gasteiger partial charge in [-0.1, -0.05) is 6.07 Å². The van der Waals surface area contributed by atoms with E-state index >= 15 is 0 Å². The fourth-order valence-corrected chi connectivity index (χ4v) is 3.78. The molecule has 0 saturated heterocycles. The Labute approximate surface area is 183 Å². The normalized spacial score (nSPS) is 11.5. The number of carbonyl (C=O) groups excluding carboxylic acids is 2. The maximum atomic E-state index is 12.8. The van der Waals surface area contributed by atoms with Crippen molar-refractivity contribution in [2.75, 3.05) is 26.5 Å². The van der Waals surface area contributed by atoms with Crippen LogP contribution >= 0.6 is 0 Å². The minimum absolute atomic E-state index is 0.196. The summed E-state index contributed by atoms with van der Waals surface area (Å²) >= 11 is 0. The summed E-state index contributed by atoms with van der Waals surface area (Å²) in [5, 5.41) is 0. The van der Waals surface area contributed by atoms with Gasteiger partial charge in [-0.2, -0.15) is 0 Å². The Morgan fingerprint density at radius 2 is 1.87 bits per heavy atom. The molecule has 0 spiro atoms. The number of nitrogens with zero attached hydrogens (tertiary/aromatic N) is 1. The van der Waals surface area contributed by atoms with Gasteiger partial charge in [0.2, 0.25) is 0 Å². The van der Waals surface area contributed by atoms with Crippen molar-refractivity contribution in [1.29, 1.82) is 0 Å². The molecule has 9 heteroatoms. The van der Waals surface area contributed by atoms with Gasteiger partial charge in [-0.15, -0.1) is 0 Å². The van der Waals surface area contributed by atoms with Gasteiger partial charge < -0.3 is 19.4 Å². The third-order valence-corrected chi connectivity index (χ3v) is 5.80. The van der Waals surface area contributed by atoms with E-state index in [0.29, 0.717) is 47.8 Å². The number of aromatic amines is 1. The van der Waals surface area contributed by atoms with Crippen molar-refractivity contribution in [3.8, 4) is 5.75 Å². The lowest BCUT2D eigenvalue weighted by atomic mass is 10.1. The van der Waals surface area contributed by atoms with Crippen LogP contribution in [0.4, 0.5) is 0 Å². The number of carbonyl (C=O) groups is 2. The summed E-state index contributed by atoms with van der Waals surface area (Å²) in [4.78, 5) is 29.9. The number of hydrogen-bond donors (Lipinski definition) is 1. The lowest BCUT2D eigenvalue weighted by Gasteiger charge is -2.17. The summed E-state index contributed by atoms with van der Waals surface area (Å²) in [5.41, 5.74) is 1.90. The summed E-state index contributed by atoms with van der Waals surface area (Å²) in [6.45, 7) is 7.75. The Bertz CT molecular complexity index is 1060. The molecule has 1 heterocycles. The van der Waals surface area contributed by atoms with Gasteiger partial charge >= 0.3 is 5.97 Å². The third-order valence-electron chi connectivity index (χ3n) is 4.69. The van der Waals surface area contributed by atoms with Crippen molar-refractivity contribution >= 4 is 21.7 Å². The monoisotopic (exact) mass is 450 g/mol. The number of ether oxygens (including phenoxy) is 2. The van der Waals surface area contributed by atoms with E-state index in [1.165, 1.54) is 12.1 Å². The molecular formula is C22H30N2O6S. The van der Waals surface area contributed by atoms with E-state index in [1.54, 1.807) is 51.8 Å². The lowest BCUT2D eigenvalue weighted by molar-refractivity contribution is 0.0376. The molecular weight excluding hydrogens is 420 g/mol. The molecule has 0 bridgehead atoms. The predicted octanol–water partition coefficient (Wildman–Crippen LogP) is 3.14. The Morgan fingerprint density at radius 3 is 2.48 bits per heavy atom. The van der Waals surface area contributed by atoms with Crippen LogP contribution in [-0.2, 0) is 14.6 Å². The van der Waals surface area contributed by atoms with E-state index in [2.05, 4.69) is 4.98 Å². The highest BCUT2D eigenvalue weighted by molar-refractivity contribution is 7.90. The van der Waals surface area contributed by atoms with Gasteiger partial charge in [-0.25, -0.2) is 13.2 Å². The van der Waals surface area contributed by atoms with Gasteiger partial charge in [-0.3, -0.25) is 4.79 Å². The molecule has 2 aromatic rings. The zero-order valence-corrected chi connectivity index (χ0v) is 19.6. The SMILES string of the molecule is Cc1[nH]c(C(=O)N(C)CCCOc2cccc(S(C)(=O)=O)c2)c(C)c1C(=O)OC(C)C. The summed E-state index contributed by atoms with van der Waals surface area (Å²) in [7, 11) is -1.62. The number of H-pyrrole nitrogens is 1. The van der Waals surface area contributed by atoms with Crippen LogP contribution in [-0.4, -0.2) is 62.7 Å². The highest BCUT2D eigenvalue weighted by Crippen LogP contribution is 2.21. The van der Waals surface area contributed by atoms with E-state index in [1.807, 2.05) is 0 Å². The molecule has 1 aromatic heterocycles. The maximum Gasteiger partial charge on any atom is 0.340 e. The molecule has 0 fully saturated rings. The first-order valence-electron chi connectivity index (χ1n) is 10.00. The first kappa shape index (κ1) is 24.5. The fourth-order valence-electron chi connectivity index (χ4n) is 3.12. The standard InChI is InChI=1S/C22H30N2O6S/c1-14(2)30-22(26)19-15(3)20(23-16(19)4)21(25)24(5)11-8-12-29-17-9-7-10-18(13-17)31(6,27)28/h7,9-10,13-14,23H,8,11-12H2,1-6H3. The molecule has 0 aliphatic carbocycles. The minimum Gasteiger partial charge on any atom is -0.493 e. The Balaban J connectivity index is 1.96. The van der Waals surface area contributed by atoms with Gasteiger partial charge in [0.05, 0.1) is 23.2 Å². The molecule has 1 aromatic carbocycles. The molecule has 0 aliphatic rings. The van der Waals surface area contributed by atoms with Crippen molar-refractivity contribution in [1.82, 2.24) is 9.88 Å². The predicted molar refractivity (Wildman–Crippen MR) is 117 cm³/mol. The molecule has 1 amide bonds. The Morgan fingerprint density at radius 1 is 1.19 bits per heavy atom. The number of rotatable bonds is 9. The van der Waals surface area contributed by atoms with Crippen LogP contribution < -0.4 is 4.74 Å². The van der Waals surface area contributed by atoms with Crippen molar-refractivity contribution in [2.45, 2.75) is 45.1 Å². The van der Waals surface area contributed by atoms with E-state index < -0.39 is 15.8 Å². The van der Waals surface area contributed by atoms with Crippen molar-refractivity contribution in [2.24, 2.45) is 0 Å². The van der Waals surface area contributed by atoms with E-state index in [-0.39, 0.29) is 16.9 Å². The number of hydrogen-bond acceptors (Lipinski definition) is 6. The number of nitrogens with one attached hydrogen (secondary N) is 1. The number of esters is 1. The van der Waals surface area contributed by atoms with Crippen LogP contribution in [0.5, 0.6) is 5.75 Å². The molecule has 170 valence electrons. The highest BCUT2D eigenvalue weighted by Gasteiger charge is 2.25. The molecule has 0 aliphatic heterocycles. The topological polar surface area (TPSA) is 106 Å². The van der Waals surface area contributed by atoms with Gasteiger partial charge in [0.15, 0.2) is 9.84 Å². The average molecular weight is 451 g/mol. The molecule has 1 N–H and O–H groups in total. The molecule has 0 radical (unpaired) electrons. The second-order valence-corrected chi connectivity index (χ2v) is 9.77. The summed E-state index contributed by atoms with van der Waals surface area (Å²) in [5.74, 6) is -0.225. The Kier molecular flexibility index (Phi) is 7.89. The van der Waals surface area contributed by atoms with Crippen LogP contribution in [0.3, 0.4) is 0 Å². The zero-order valence-electron chi connectivity index (χ0n) is 18.8. The van der Waals surface area contributed by atoms with E-state index in [4.69, 9.17) is 9.47 Å². The first-order chi connectivity index (χ1) is 14.4. The van der Waals surface area contributed by atoms with Gasteiger partial charge in [0.25, 0.3) is 5.91 Å². The molecule has 31 heavy (non-hydrogen) atoms. The quantitative estimate of drug-likeness (QED) is 0.465. The third kappa shape index (κ3) is 6.33. The smallest absolute Gasteiger partial charge is 0.340 e. The largest absolute Gasteiger partial charge is 0.493 e. The molecule has 8 nitrogen and oxygen atoms in total. The van der Waals surface area contributed by atoms with Crippen LogP contribution in [0, 0.1) is 13.8 Å². The second-order valence-electron chi connectivity index (χ2n) is 7.75. The van der Waals surface area contributed by atoms with Gasteiger partial charge in [0, 0.05) is 25.5 Å². The van der Waals surface area contributed by atoms with Crippen LogP contribution in [0.1, 0.15) is 52.4 Å². The van der Waals surface area contributed by atoms with Gasteiger partial charge in [-0.05, 0) is 57.9 Å². The van der Waals surface area contributed by atoms with E-state index in [9.17, 15) is 18.0 Å². The van der Waals surface area contributed by atoms with Gasteiger partial charge in [0.1, 0.15) is 11.4 Å². The molecule has 0 saturated carbocycles. The van der Waals surface area contributed by atoms with Crippen LogP contribution in [0.15, 0.2) is 29.2 Å². The van der Waals surface area contributed by atoms with Crippen molar-refractivity contribution in [3.05, 3.63) is 46.8 Å². The number of benzene rings is 1. The average Bonchev–Trinajstić information content (AvgIpc) is 2.97. The zero-order chi connectivity index (χ0) is 23.3. The number of sulfone groups is 1. The lowest BCUT2D eigenvalue weighted by Crippen LogP contribution is -2.29. The number of aromatic nitrogens is 1. The summed E-state index contributed by atoms with van der Waals surface area (Å²) in [6, 6.07) is 6.31. The fraction of sp³-hybridized carbons (Fsp3) is 0.455. The second kappa shape index (κ2) is 10.00. The van der Waals surface area contributed by atoms with Crippen LogP contribution in [0.25, 0.3) is 0 Å². The molecule has 2 rings (SSSR count). The number of aryl methyl sites for hydroxylation is 1. The van der Waals surface area contributed by atoms with Crippen molar-refractivity contribution in [3.63, 3.8) is 0 Å². The van der Waals surface area contributed by atoms with Crippen molar-refractivity contribution < 1.29 is 27.5 Å². The Hall–Kier alpha value is -2.81. The van der Waals surface area contributed by atoms with Crippen LogP contribution in [0.2, 0.25) is 0 Å². The summed E-state index contributed by atoms with van der Waals surface area (Å²) < 4.78 is 34.1. The van der Waals surface area contributed by atoms with E-state index in [0.717, 1.165) is 6.26 Å². The minimum atomic E-state index is -3.30.